The number of carbonyl (C=O) groups excluding carboxylic acids is 1. The van der Waals surface area contributed by atoms with E-state index in [0.717, 1.165) is 18.4 Å². The maximum absolute atomic E-state index is 13.0. The molecule has 1 unspecified atom stereocenters. The first-order valence-corrected chi connectivity index (χ1v) is 8.73. The Labute approximate surface area is 147 Å². The van der Waals surface area contributed by atoms with Crippen molar-refractivity contribution in [2.45, 2.75) is 38.8 Å². The zero-order chi connectivity index (χ0) is 18.0. The number of aromatic nitrogens is 2. The van der Waals surface area contributed by atoms with Gasteiger partial charge in [0.1, 0.15) is 11.5 Å². The van der Waals surface area contributed by atoms with Gasteiger partial charge in [0.2, 0.25) is 0 Å². The van der Waals surface area contributed by atoms with E-state index in [1.54, 1.807) is 29.1 Å². The van der Waals surface area contributed by atoms with E-state index in [9.17, 15) is 14.3 Å². The molecule has 0 saturated carbocycles. The molecular weight excluding hydrogens is 321 g/mol. The number of aliphatic hydroxyl groups excluding tert-OH is 1. The summed E-state index contributed by atoms with van der Waals surface area (Å²) in [7, 11) is 0. The summed E-state index contributed by atoms with van der Waals surface area (Å²) in [6.07, 6.45) is 2.47. The molecule has 1 atom stereocenters. The van der Waals surface area contributed by atoms with Crippen LogP contribution in [0.3, 0.4) is 0 Å². The topological polar surface area (TPSA) is 58.4 Å². The molecule has 0 spiro atoms. The highest BCUT2D eigenvalue weighted by atomic mass is 19.1. The van der Waals surface area contributed by atoms with Gasteiger partial charge in [0.15, 0.2) is 0 Å². The third-order valence-corrected chi connectivity index (χ3v) is 4.86. The Morgan fingerprint density at radius 3 is 2.44 bits per heavy atom. The van der Waals surface area contributed by atoms with E-state index in [2.05, 4.69) is 5.10 Å². The third-order valence-electron chi connectivity index (χ3n) is 4.86. The minimum atomic E-state index is -0.626. The van der Waals surface area contributed by atoms with Gasteiger partial charge in [-0.1, -0.05) is 12.1 Å². The van der Waals surface area contributed by atoms with E-state index in [1.807, 2.05) is 18.7 Å². The molecule has 2 heterocycles. The molecule has 1 aromatic heterocycles. The quantitative estimate of drug-likeness (QED) is 0.926. The van der Waals surface area contributed by atoms with Crippen LogP contribution in [0.2, 0.25) is 0 Å². The molecule has 134 valence electrons. The number of benzene rings is 1. The summed E-state index contributed by atoms with van der Waals surface area (Å²) in [5.41, 5.74) is 1.33. The summed E-state index contributed by atoms with van der Waals surface area (Å²) in [5.74, 6) is -0.247. The Kier molecular flexibility index (Phi) is 5.18. The van der Waals surface area contributed by atoms with E-state index >= 15 is 0 Å². The SMILES string of the molecule is CC(C)n1nccc1C(=O)N1CCC(C(O)c2ccc(F)cc2)CC1. The van der Waals surface area contributed by atoms with Crippen molar-refractivity contribution in [2.75, 3.05) is 13.1 Å². The lowest BCUT2D eigenvalue weighted by Crippen LogP contribution is -2.40. The van der Waals surface area contributed by atoms with Gasteiger partial charge in [-0.05, 0) is 56.4 Å². The molecule has 0 radical (unpaired) electrons. The minimum Gasteiger partial charge on any atom is -0.388 e. The lowest BCUT2D eigenvalue weighted by Gasteiger charge is -2.34. The summed E-state index contributed by atoms with van der Waals surface area (Å²) < 4.78 is 14.8. The number of rotatable bonds is 4. The Morgan fingerprint density at radius 1 is 1.20 bits per heavy atom. The summed E-state index contributed by atoms with van der Waals surface area (Å²) in [6, 6.07) is 7.86. The number of likely N-dealkylation sites (tertiary alicyclic amines) is 1. The van der Waals surface area contributed by atoms with Gasteiger partial charge in [0.25, 0.3) is 5.91 Å². The van der Waals surface area contributed by atoms with Crippen LogP contribution in [-0.2, 0) is 0 Å². The van der Waals surface area contributed by atoms with Crippen LogP contribution in [0.25, 0.3) is 0 Å². The van der Waals surface area contributed by atoms with Crippen LogP contribution in [0.1, 0.15) is 54.9 Å². The molecule has 1 N–H and O–H groups in total. The van der Waals surface area contributed by atoms with Crippen molar-refractivity contribution in [1.82, 2.24) is 14.7 Å². The second-order valence-electron chi connectivity index (χ2n) is 6.88. The van der Waals surface area contributed by atoms with Crippen molar-refractivity contribution in [3.8, 4) is 0 Å². The number of aliphatic hydroxyl groups is 1. The number of hydrogen-bond donors (Lipinski definition) is 1. The van der Waals surface area contributed by atoms with Crippen molar-refractivity contribution in [3.05, 3.63) is 53.6 Å². The van der Waals surface area contributed by atoms with E-state index in [-0.39, 0.29) is 23.7 Å². The van der Waals surface area contributed by atoms with E-state index < -0.39 is 6.10 Å². The molecule has 5 nitrogen and oxygen atoms in total. The van der Waals surface area contributed by atoms with E-state index in [1.165, 1.54) is 12.1 Å². The highest BCUT2D eigenvalue weighted by Gasteiger charge is 2.30. The summed E-state index contributed by atoms with van der Waals surface area (Å²) >= 11 is 0. The van der Waals surface area contributed by atoms with Gasteiger partial charge in [-0.25, -0.2) is 4.39 Å². The number of carbonyl (C=O) groups is 1. The second kappa shape index (κ2) is 7.35. The predicted molar refractivity (Wildman–Crippen MR) is 92.6 cm³/mol. The van der Waals surface area contributed by atoms with Crippen molar-refractivity contribution in [3.63, 3.8) is 0 Å². The summed E-state index contributed by atoms with van der Waals surface area (Å²) in [6.45, 7) is 5.19. The Hall–Kier alpha value is -2.21. The maximum atomic E-state index is 13.0. The predicted octanol–water partition coefficient (Wildman–Crippen LogP) is 3.19. The molecule has 25 heavy (non-hydrogen) atoms. The fraction of sp³-hybridized carbons (Fsp3) is 0.474. The Morgan fingerprint density at radius 2 is 1.84 bits per heavy atom. The van der Waals surface area contributed by atoms with Gasteiger partial charge < -0.3 is 10.0 Å². The molecule has 0 bridgehead atoms. The molecule has 0 aliphatic carbocycles. The molecule has 1 saturated heterocycles. The van der Waals surface area contributed by atoms with Crippen molar-refractivity contribution >= 4 is 5.91 Å². The van der Waals surface area contributed by atoms with Crippen LogP contribution in [0.15, 0.2) is 36.5 Å². The lowest BCUT2D eigenvalue weighted by atomic mass is 9.87. The van der Waals surface area contributed by atoms with E-state index in [0.29, 0.717) is 18.8 Å². The molecule has 1 aliphatic rings. The average Bonchev–Trinajstić information content (AvgIpc) is 3.11. The van der Waals surface area contributed by atoms with Gasteiger partial charge >= 0.3 is 0 Å². The molecule has 1 amide bonds. The fourth-order valence-corrected chi connectivity index (χ4v) is 3.41. The zero-order valence-electron chi connectivity index (χ0n) is 14.6. The van der Waals surface area contributed by atoms with Gasteiger partial charge in [-0.2, -0.15) is 5.10 Å². The molecule has 1 fully saturated rings. The number of piperidine rings is 1. The molecular formula is C19H24FN3O2. The van der Waals surface area contributed by atoms with Crippen molar-refractivity contribution in [2.24, 2.45) is 5.92 Å². The standard InChI is InChI=1S/C19H24FN3O2/c1-13(2)23-17(7-10-21-23)19(25)22-11-8-15(9-12-22)18(24)14-3-5-16(20)6-4-14/h3-7,10,13,15,18,24H,8-9,11-12H2,1-2H3. The van der Waals surface area contributed by atoms with Gasteiger partial charge in [-0.15, -0.1) is 0 Å². The molecule has 1 aromatic carbocycles. The Bertz CT molecular complexity index is 719. The van der Waals surface area contributed by atoms with Crippen LogP contribution in [0, 0.1) is 11.7 Å². The second-order valence-corrected chi connectivity index (χ2v) is 6.88. The monoisotopic (exact) mass is 345 g/mol. The van der Waals surface area contributed by atoms with E-state index in [4.69, 9.17) is 0 Å². The first kappa shape index (κ1) is 17.6. The zero-order valence-corrected chi connectivity index (χ0v) is 14.6. The van der Waals surface area contributed by atoms with Crippen LogP contribution >= 0.6 is 0 Å². The van der Waals surface area contributed by atoms with Crippen LogP contribution in [-0.4, -0.2) is 38.8 Å². The number of halogens is 1. The van der Waals surface area contributed by atoms with Crippen LogP contribution < -0.4 is 0 Å². The highest BCUT2D eigenvalue weighted by molar-refractivity contribution is 5.92. The summed E-state index contributed by atoms with van der Waals surface area (Å²) in [4.78, 5) is 14.6. The van der Waals surface area contributed by atoms with Crippen LogP contribution in [0.4, 0.5) is 4.39 Å². The first-order valence-electron chi connectivity index (χ1n) is 8.73. The van der Waals surface area contributed by atoms with Crippen molar-refractivity contribution in [1.29, 1.82) is 0 Å². The normalized spacial score (nSPS) is 17.1. The van der Waals surface area contributed by atoms with Crippen LogP contribution in [0.5, 0.6) is 0 Å². The Balaban J connectivity index is 1.62. The largest absolute Gasteiger partial charge is 0.388 e. The fourth-order valence-electron chi connectivity index (χ4n) is 3.41. The lowest BCUT2D eigenvalue weighted by molar-refractivity contribution is 0.0453. The van der Waals surface area contributed by atoms with Gasteiger partial charge in [0.05, 0.1) is 6.10 Å². The minimum absolute atomic E-state index is 0.0130. The third kappa shape index (κ3) is 3.74. The molecule has 2 aromatic rings. The molecule has 6 heteroatoms. The summed E-state index contributed by atoms with van der Waals surface area (Å²) in [5, 5.41) is 14.7. The number of hydrogen-bond acceptors (Lipinski definition) is 3. The number of nitrogens with zero attached hydrogens (tertiary/aromatic N) is 3. The average molecular weight is 345 g/mol. The maximum Gasteiger partial charge on any atom is 0.272 e. The highest BCUT2D eigenvalue weighted by Crippen LogP contribution is 2.31. The smallest absolute Gasteiger partial charge is 0.272 e. The number of amides is 1. The molecule has 3 rings (SSSR count). The van der Waals surface area contributed by atoms with Crippen molar-refractivity contribution < 1.29 is 14.3 Å². The molecule has 1 aliphatic heterocycles. The first-order chi connectivity index (χ1) is 12.0. The van der Waals surface area contributed by atoms with Gasteiger partial charge in [-0.3, -0.25) is 9.48 Å². The van der Waals surface area contributed by atoms with Gasteiger partial charge in [0, 0.05) is 25.3 Å².